The van der Waals surface area contributed by atoms with Crippen molar-refractivity contribution in [2.24, 2.45) is 0 Å². The first-order valence-corrected chi connectivity index (χ1v) is 20.6. The third-order valence-electron chi connectivity index (χ3n) is 12.2. The van der Waals surface area contributed by atoms with E-state index in [1.54, 1.807) is 0 Å². The van der Waals surface area contributed by atoms with Crippen molar-refractivity contribution in [3.63, 3.8) is 0 Å². The fraction of sp³-hybridized carbons (Fsp3) is 0.0909. The molecule has 1 aliphatic carbocycles. The standard InChI is InChI=1S/C55H43N3/c1-38-19-11-14-30-48(38)56(41-24-9-4-10-25-41)51-33-18-34-52-54(51)47-27-13-16-32-50(47)57(52)42-35-36-46-45-26-12-15-31-49(45)58(53(46)37-42)55-43(39-20-5-2-6-21-39)28-17-29-44(55)40-22-7-3-8-23-40/h2-3,5-8,11-24,26-37H,4,9-10,25H2,1H3. The number of para-hydroxylation sites is 4. The van der Waals surface area contributed by atoms with Crippen molar-refractivity contribution in [2.45, 2.75) is 32.6 Å². The predicted octanol–water partition coefficient (Wildman–Crippen LogP) is 15.1. The molecule has 2 heterocycles. The zero-order valence-corrected chi connectivity index (χ0v) is 32.6. The highest BCUT2D eigenvalue weighted by Gasteiger charge is 2.25. The van der Waals surface area contributed by atoms with Crippen LogP contribution in [-0.2, 0) is 0 Å². The number of benzene rings is 8. The Morgan fingerprint density at radius 2 is 1.03 bits per heavy atom. The molecule has 0 fully saturated rings. The summed E-state index contributed by atoms with van der Waals surface area (Å²) < 4.78 is 5.01. The molecule has 1 aliphatic rings. The molecule has 0 saturated heterocycles. The number of aryl methyl sites for hydroxylation is 1. The summed E-state index contributed by atoms with van der Waals surface area (Å²) in [4.78, 5) is 2.56. The van der Waals surface area contributed by atoms with E-state index in [1.165, 1.54) is 107 Å². The molecule has 8 aromatic carbocycles. The first-order valence-electron chi connectivity index (χ1n) is 20.6. The van der Waals surface area contributed by atoms with E-state index < -0.39 is 0 Å². The fourth-order valence-electron chi connectivity index (χ4n) is 9.57. The molecular formula is C55H43N3. The van der Waals surface area contributed by atoms with Gasteiger partial charge in [-0.1, -0.05) is 152 Å². The second-order valence-electron chi connectivity index (χ2n) is 15.6. The van der Waals surface area contributed by atoms with Crippen LogP contribution >= 0.6 is 0 Å². The highest BCUT2D eigenvalue weighted by molar-refractivity contribution is 6.17. The lowest BCUT2D eigenvalue weighted by molar-refractivity contribution is 0.691. The molecule has 11 rings (SSSR count). The van der Waals surface area contributed by atoms with Gasteiger partial charge in [0.25, 0.3) is 0 Å². The molecule has 0 spiro atoms. The zero-order valence-electron chi connectivity index (χ0n) is 32.6. The number of fused-ring (bicyclic) bond motifs is 6. The minimum Gasteiger partial charge on any atom is -0.314 e. The monoisotopic (exact) mass is 745 g/mol. The quantitative estimate of drug-likeness (QED) is 0.158. The summed E-state index contributed by atoms with van der Waals surface area (Å²) in [5.41, 5.74) is 17.0. The lowest BCUT2D eigenvalue weighted by Gasteiger charge is -2.31. The summed E-state index contributed by atoms with van der Waals surface area (Å²) in [6.07, 6.45) is 7.11. The SMILES string of the molecule is Cc1ccccc1N(C1=CCCCC1)c1cccc2c1c1ccccc1n2-c1ccc2c3ccccc3n(-c3c(-c4ccccc4)cccc3-c3ccccc3)c2c1. The van der Waals surface area contributed by atoms with Gasteiger partial charge in [0, 0.05) is 49.7 Å². The number of nitrogens with zero attached hydrogens (tertiary/aromatic N) is 3. The van der Waals surface area contributed by atoms with Crippen LogP contribution in [0.2, 0.25) is 0 Å². The molecule has 0 saturated carbocycles. The number of anilines is 2. The van der Waals surface area contributed by atoms with E-state index >= 15 is 0 Å². The predicted molar refractivity (Wildman–Crippen MR) is 246 cm³/mol. The average Bonchev–Trinajstić information content (AvgIpc) is 3.80. The Morgan fingerprint density at radius 3 is 1.74 bits per heavy atom. The van der Waals surface area contributed by atoms with Gasteiger partial charge in [-0.05, 0) is 91.8 Å². The largest absolute Gasteiger partial charge is 0.314 e. The van der Waals surface area contributed by atoms with Crippen LogP contribution in [0.15, 0.2) is 200 Å². The maximum Gasteiger partial charge on any atom is 0.0618 e. The van der Waals surface area contributed by atoms with Gasteiger partial charge in [0.15, 0.2) is 0 Å². The Hall–Kier alpha value is -7.10. The smallest absolute Gasteiger partial charge is 0.0618 e. The maximum atomic E-state index is 2.56. The molecular weight excluding hydrogens is 703 g/mol. The van der Waals surface area contributed by atoms with Crippen LogP contribution in [0.4, 0.5) is 11.4 Å². The van der Waals surface area contributed by atoms with Crippen molar-refractivity contribution < 1.29 is 0 Å². The maximum absolute atomic E-state index is 2.56. The highest BCUT2D eigenvalue weighted by atomic mass is 15.2. The van der Waals surface area contributed by atoms with Crippen molar-refractivity contribution in [1.82, 2.24) is 9.13 Å². The third-order valence-corrected chi connectivity index (χ3v) is 12.2. The van der Waals surface area contributed by atoms with Gasteiger partial charge in [0.2, 0.25) is 0 Å². The molecule has 2 aromatic heterocycles. The van der Waals surface area contributed by atoms with E-state index in [-0.39, 0.29) is 0 Å². The Kier molecular flexibility index (Phi) is 8.32. The highest BCUT2D eigenvalue weighted by Crippen LogP contribution is 2.46. The molecule has 278 valence electrons. The van der Waals surface area contributed by atoms with Gasteiger partial charge >= 0.3 is 0 Å². The molecule has 0 unspecified atom stereocenters. The van der Waals surface area contributed by atoms with E-state index in [0.29, 0.717) is 0 Å². The van der Waals surface area contributed by atoms with Crippen LogP contribution in [0.25, 0.3) is 77.2 Å². The van der Waals surface area contributed by atoms with Crippen molar-refractivity contribution >= 4 is 55.0 Å². The van der Waals surface area contributed by atoms with Crippen molar-refractivity contribution in [2.75, 3.05) is 4.90 Å². The molecule has 3 nitrogen and oxygen atoms in total. The van der Waals surface area contributed by atoms with Crippen LogP contribution in [-0.4, -0.2) is 9.13 Å². The summed E-state index contributed by atoms with van der Waals surface area (Å²) >= 11 is 0. The van der Waals surface area contributed by atoms with E-state index in [1.807, 2.05) is 0 Å². The third kappa shape index (κ3) is 5.49. The second-order valence-corrected chi connectivity index (χ2v) is 15.6. The normalized spacial score (nSPS) is 13.1. The summed E-state index contributed by atoms with van der Waals surface area (Å²) in [6.45, 7) is 2.24. The Bertz CT molecular complexity index is 3120. The second kappa shape index (κ2) is 14.1. The number of allylic oxidation sites excluding steroid dienone is 2. The molecule has 0 N–H and O–H groups in total. The zero-order chi connectivity index (χ0) is 38.6. The van der Waals surface area contributed by atoms with E-state index in [9.17, 15) is 0 Å². The van der Waals surface area contributed by atoms with Crippen molar-refractivity contribution in [3.8, 4) is 33.6 Å². The minimum absolute atomic E-state index is 1.07. The Morgan fingerprint density at radius 1 is 0.448 bits per heavy atom. The number of rotatable bonds is 7. The molecule has 0 bridgehead atoms. The van der Waals surface area contributed by atoms with Crippen LogP contribution in [0.1, 0.15) is 31.2 Å². The van der Waals surface area contributed by atoms with Gasteiger partial charge in [-0.25, -0.2) is 0 Å². The van der Waals surface area contributed by atoms with Crippen LogP contribution in [0.3, 0.4) is 0 Å². The van der Waals surface area contributed by atoms with Crippen molar-refractivity contribution in [1.29, 1.82) is 0 Å². The van der Waals surface area contributed by atoms with E-state index in [0.717, 1.165) is 18.5 Å². The van der Waals surface area contributed by atoms with Crippen molar-refractivity contribution in [3.05, 3.63) is 205 Å². The summed E-state index contributed by atoms with van der Waals surface area (Å²) in [6, 6.07) is 69.1. The van der Waals surface area contributed by atoms with Gasteiger partial charge < -0.3 is 14.0 Å². The van der Waals surface area contributed by atoms with Crippen LogP contribution < -0.4 is 4.90 Å². The minimum atomic E-state index is 1.07. The lowest BCUT2D eigenvalue weighted by atomic mass is 9.95. The molecule has 0 radical (unpaired) electrons. The fourth-order valence-corrected chi connectivity index (χ4v) is 9.57. The molecule has 10 aromatic rings. The summed E-state index contributed by atoms with van der Waals surface area (Å²) in [5.74, 6) is 0. The number of aromatic nitrogens is 2. The van der Waals surface area contributed by atoms with Gasteiger partial charge in [-0.2, -0.15) is 0 Å². The average molecular weight is 746 g/mol. The van der Waals surface area contributed by atoms with Crippen LogP contribution in [0.5, 0.6) is 0 Å². The lowest BCUT2D eigenvalue weighted by Crippen LogP contribution is -2.19. The Labute approximate surface area is 339 Å². The van der Waals surface area contributed by atoms with Gasteiger partial charge in [-0.15, -0.1) is 0 Å². The van der Waals surface area contributed by atoms with E-state index in [4.69, 9.17) is 0 Å². The number of hydrogen-bond acceptors (Lipinski definition) is 1. The Balaban J connectivity index is 1.21. The molecule has 0 aliphatic heterocycles. The molecule has 0 amide bonds. The first kappa shape index (κ1) is 34.2. The van der Waals surface area contributed by atoms with E-state index in [2.05, 4.69) is 215 Å². The molecule has 3 heteroatoms. The first-order chi connectivity index (χ1) is 28.7. The molecule has 58 heavy (non-hydrogen) atoms. The van der Waals surface area contributed by atoms with Crippen LogP contribution in [0, 0.1) is 6.92 Å². The topological polar surface area (TPSA) is 13.1 Å². The van der Waals surface area contributed by atoms with Gasteiger partial charge in [-0.3, -0.25) is 0 Å². The molecule has 0 atom stereocenters. The number of hydrogen-bond donors (Lipinski definition) is 0. The van der Waals surface area contributed by atoms with Gasteiger partial charge in [0.1, 0.15) is 0 Å². The summed E-state index contributed by atoms with van der Waals surface area (Å²) in [5, 5.41) is 5.00. The van der Waals surface area contributed by atoms with Gasteiger partial charge in [0.05, 0.1) is 33.4 Å². The summed E-state index contributed by atoms with van der Waals surface area (Å²) in [7, 11) is 0.